The van der Waals surface area contributed by atoms with E-state index in [9.17, 15) is 5.11 Å². The van der Waals surface area contributed by atoms with Crippen molar-refractivity contribution in [3.8, 4) is 0 Å². The Morgan fingerprint density at radius 3 is 2.72 bits per heavy atom. The predicted molar refractivity (Wildman–Crippen MR) is 72.4 cm³/mol. The number of furan rings is 1. The highest BCUT2D eigenvalue weighted by Gasteiger charge is 2.19. The number of hydrogen-bond acceptors (Lipinski definition) is 3. The van der Waals surface area contributed by atoms with Crippen molar-refractivity contribution in [2.45, 2.75) is 39.8 Å². The van der Waals surface area contributed by atoms with E-state index in [-0.39, 0.29) is 0 Å². The van der Waals surface area contributed by atoms with Crippen LogP contribution in [0.5, 0.6) is 0 Å². The van der Waals surface area contributed by atoms with E-state index in [0.29, 0.717) is 12.2 Å². The van der Waals surface area contributed by atoms with E-state index < -0.39 is 6.10 Å². The summed E-state index contributed by atoms with van der Waals surface area (Å²) < 4.78 is 8.31. The smallest absolute Gasteiger partial charge is 0.133 e. The van der Waals surface area contributed by atoms with E-state index in [2.05, 4.69) is 21.0 Å². The second-order valence-corrected chi connectivity index (χ2v) is 5.12. The number of aromatic nitrogens is 2. The third kappa shape index (κ3) is 2.52. The maximum absolute atomic E-state index is 10.2. The molecule has 0 fully saturated rings. The van der Waals surface area contributed by atoms with Gasteiger partial charge in [-0.25, -0.2) is 0 Å². The van der Waals surface area contributed by atoms with Crippen LogP contribution in [0.1, 0.15) is 35.9 Å². The summed E-state index contributed by atoms with van der Waals surface area (Å²) in [6.07, 6.45) is -0.154. The number of hydrogen-bond donors (Lipinski definition) is 1. The predicted octanol–water partition coefficient (Wildman–Crippen LogP) is 3.15. The van der Waals surface area contributed by atoms with Crippen molar-refractivity contribution in [2.75, 3.05) is 0 Å². The Labute approximate surface area is 115 Å². The van der Waals surface area contributed by atoms with Gasteiger partial charge in [0.25, 0.3) is 0 Å². The van der Waals surface area contributed by atoms with Gasteiger partial charge >= 0.3 is 0 Å². The molecule has 0 bridgehead atoms. The second-order valence-electron chi connectivity index (χ2n) is 4.33. The first-order valence-electron chi connectivity index (χ1n) is 5.99. The molecule has 0 spiro atoms. The minimum atomic E-state index is -0.642. The van der Waals surface area contributed by atoms with Crippen molar-refractivity contribution in [3.63, 3.8) is 0 Å². The first kappa shape index (κ1) is 13.4. The lowest BCUT2D eigenvalue weighted by molar-refractivity contribution is 0.146. The van der Waals surface area contributed by atoms with Crippen molar-refractivity contribution in [3.05, 3.63) is 39.5 Å². The lowest BCUT2D eigenvalue weighted by Crippen LogP contribution is -2.08. The highest BCUT2D eigenvalue weighted by atomic mass is 79.9. The number of aliphatic hydroxyl groups excluding tert-OH is 1. The molecule has 0 aliphatic rings. The molecule has 98 valence electrons. The summed E-state index contributed by atoms with van der Waals surface area (Å²) in [5.74, 6) is 1.41. The monoisotopic (exact) mass is 312 g/mol. The first-order chi connectivity index (χ1) is 8.52. The molecule has 0 saturated heterocycles. The lowest BCUT2D eigenvalue weighted by Gasteiger charge is -2.10. The Balaban J connectivity index is 2.23. The standard InChI is InChI=1S/C13H17BrN2O2/c1-4-16-10(13(14)9(3)15-16)7-11(17)12-6-5-8(2)18-12/h5-6,11,17H,4,7H2,1-3H3. The van der Waals surface area contributed by atoms with Gasteiger partial charge in [0.2, 0.25) is 0 Å². The Bertz CT molecular complexity index is 545. The van der Waals surface area contributed by atoms with Gasteiger partial charge < -0.3 is 9.52 Å². The van der Waals surface area contributed by atoms with E-state index in [1.165, 1.54) is 0 Å². The number of aliphatic hydroxyl groups is 1. The second kappa shape index (κ2) is 5.28. The highest BCUT2D eigenvalue weighted by Crippen LogP contribution is 2.27. The zero-order valence-electron chi connectivity index (χ0n) is 10.8. The summed E-state index contributed by atoms with van der Waals surface area (Å²) in [6, 6.07) is 3.67. The molecule has 2 rings (SSSR count). The van der Waals surface area contributed by atoms with Crippen LogP contribution in [0.4, 0.5) is 0 Å². The van der Waals surface area contributed by atoms with Gasteiger partial charge in [-0.05, 0) is 48.8 Å². The van der Waals surface area contributed by atoms with Crippen molar-refractivity contribution in [1.82, 2.24) is 9.78 Å². The van der Waals surface area contributed by atoms with Crippen molar-refractivity contribution in [1.29, 1.82) is 0 Å². The van der Waals surface area contributed by atoms with E-state index in [1.807, 2.05) is 37.6 Å². The van der Waals surface area contributed by atoms with E-state index in [0.717, 1.165) is 28.2 Å². The van der Waals surface area contributed by atoms with Crippen LogP contribution in [-0.2, 0) is 13.0 Å². The van der Waals surface area contributed by atoms with Crippen molar-refractivity contribution >= 4 is 15.9 Å². The van der Waals surface area contributed by atoms with Crippen LogP contribution in [-0.4, -0.2) is 14.9 Å². The molecular formula is C13H17BrN2O2. The minimum Gasteiger partial charge on any atom is -0.464 e. The maximum Gasteiger partial charge on any atom is 0.133 e. The third-order valence-electron chi connectivity index (χ3n) is 2.93. The molecule has 0 aliphatic carbocycles. The molecule has 1 atom stereocenters. The molecule has 1 unspecified atom stereocenters. The van der Waals surface area contributed by atoms with E-state index in [4.69, 9.17) is 4.42 Å². The molecule has 4 nitrogen and oxygen atoms in total. The average Bonchev–Trinajstić information content (AvgIpc) is 2.88. The summed E-state index contributed by atoms with van der Waals surface area (Å²) in [5, 5.41) is 14.6. The lowest BCUT2D eigenvalue weighted by atomic mass is 10.1. The average molecular weight is 313 g/mol. The van der Waals surface area contributed by atoms with Crippen LogP contribution in [0.25, 0.3) is 0 Å². The van der Waals surface area contributed by atoms with Gasteiger partial charge in [0, 0.05) is 13.0 Å². The number of nitrogens with zero attached hydrogens (tertiary/aromatic N) is 2. The van der Waals surface area contributed by atoms with Gasteiger partial charge in [0.15, 0.2) is 0 Å². The van der Waals surface area contributed by atoms with Crippen LogP contribution in [0.3, 0.4) is 0 Å². The zero-order chi connectivity index (χ0) is 13.3. The minimum absolute atomic E-state index is 0.488. The van der Waals surface area contributed by atoms with Crippen LogP contribution in [0.15, 0.2) is 21.0 Å². The maximum atomic E-state index is 10.2. The summed E-state index contributed by atoms with van der Waals surface area (Å²) in [6.45, 7) is 6.63. The van der Waals surface area contributed by atoms with Gasteiger partial charge in [-0.2, -0.15) is 5.10 Å². The first-order valence-corrected chi connectivity index (χ1v) is 6.78. The van der Waals surface area contributed by atoms with Crippen LogP contribution in [0, 0.1) is 13.8 Å². The highest BCUT2D eigenvalue weighted by molar-refractivity contribution is 9.10. The van der Waals surface area contributed by atoms with Crippen molar-refractivity contribution < 1.29 is 9.52 Å². The Morgan fingerprint density at radius 2 is 2.17 bits per heavy atom. The Kier molecular flexibility index (Phi) is 3.92. The van der Waals surface area contributed by atoms with Crippen LogP contribution in [0.2, 0.25) is 0 Å². The van der Waals surface area contributed by atoms with Gasteiger partial charge in [-0.1, -0.05) is 0 Å². The molecule has 0 radical (unpaired) electrons. The van der Waals surface area contributed by atoms with Gasteiger partial charge in [-0.15, -0.1) is 0 Å². The molecule has 2 aromatic rings. The number of aryl methyl sites for hydroxylation is 3. The zero-order valence-corrected chi connectivity index (χ0v) is 12.4. The summed E-state index contributed by atoms with van der Waals surface area (Å²) in [7, 11) is 0. The van der Waals surface area contributed by atoms with Gasteiger partial charge in [0.1, 0.15) is 17.6 Å². The topological polar surface area (TPSA) is 51.2 Å². The molecule has 0 aromatic carbocycles. The fraction of sp³-hybridized carbons (Fsp3) is 0.462. The number of rotatable bonds is 4. The Morgan fingerprint density at radius 1 is 1.44 bits per heavy atom. The quantitative estimate of drug-likeness (QED) is 0.943. The van der Waals surface area contributed by atoms with E-state index in [1.54, 1.807) is 0 Å². The molecule has 0 saturated carbocycles. The third-order valence-corrected chi connectivity index (χ3v) is 3.96. The normalized spacial score (nSPS) is 12.9. The molecule has 1 N–H and O–H groups in total. The molecule has 18 heavy (non-hydrogen) atoms. The molecular weight excluding hydrogens is 296 g/mol. The van der Waals surface area contributed by atoms with E-state index >= 15 is 0 Å². The molecule has 5 heteroatoms. The summed E-state index contributed by atoms with van der Waals surface area (Å²) in [5.41, 5.74) is 1.94. The SMILES string of the molecule is CCn1nc(C)c(Br)c1CC(O)c1ccc(C)o1. The number of halogens is 1. The van der Waals surface area contributed by atoms with Gasteiger partial charge in [0.05, 0.1) is 15.9 Å². The molecule has 0 amide bonds. The van der Waals surface area contributed by atoms with Crippen LogP contribution < -0.4 is 0 Å². The fourth-order valence-electron chi connectivity index (χ4n) is 1.98. The Hall–Kier alpha value is -1.07. The van der Waals surface area contributed by atoms with Crippen LogP contribution >= 0.6 is 15.9 Å². The van der Waals surface area contributed by atoms with Crippen molar-refractivity contribution in [2.24, 2.45) is 0 Å². The molecule has 2 heterocycles. The molecule has 0 aliphatic heterocycles. The van der Waals surface area contributed by atoms with Gasteiger partial charge in [-0.3, -0.25) is 4.68 Å². The molecule has 2 aromatic heterocycles. The summed E-state index contributed by atoms with van der Waals surface area (Å²) >= 11 is 3.52. The summed E-state index contributed by atoms with van der Waals surface area (Å²) in [4.78, 5) is 0. The largest absolute Gasteiger partial charge is 0.464 e. The fourth-order valence-corrected chi connectivity index (χ4v) is 2.43.